The Hall–Kier alpha value is -1.42. The molecule has 0 saturated heterocycles. The highest BCUT2D eigenvalue weighted by molar-refractivity contribution is 9.10. The standard InChI is InChI=1S/C15H19BrN2O/c1-4-12-6-7-13(19-12)10-17-14-9-11(16)5-8-15(14)18(2)3/h5-9,17H,4,10H2,1-3H3. The normalized spacial score (nSPS) is 10.5. The molecule has 3 nitrogen and oxygen atoms in total. The Labute approximate surface area is 122 Å². The number of rotatable bonds is 5. The highest BCUT2D eigenvalue weighted by Gasteiger charge is 2.06. The van der Waals surface area contributed by atoms with Crippen molar-refractivity contribution in [2.45, 2.75) is 19.9 Å². The lowest BCUT2D eigenvalue weighted by Gasteiger charge is -2.18. The van der Waals surface area contributed by atoms with Crippen LogP contribution in [0, 0.1) is 0 Å². The number of anilines is 2. The maximum atomic E-state index is 5.70. The van der Waals surface area contributed by atoms with Crippen LogP contribution in [0.4, 0.5) is 11.4 Å². The molecule has 0 saturated carbocycles. The molecule has 1 N–H and O–H groups in total. The molecule has 1 aromatic carbocycles. The number of nitrogens with one attached hydrogen (secondary N) is 1. The Balaban J connectivity index is 2.12. The number of hydrogen-bond acceptors (Lipinski definition) is 3. The molecular weight excluding hydrogens is 304 g/mol. The van der Waals surface area contributed by atoms with E-state index < -0.39 is 0 Å². The van der Waals surface area contributed by atoms with Crippen LogP contribution in [0.1, 0.15) is 18.4 Å². The van der Waals surface area contributed by atoms with Gasteiger partial charge in [0.05, 0.1) is 17.9 Å². The van der Waals surface area contributed by atoms with Crippen molar-refractivity contribution in [3.63, 3.8) is 0 Å². The lowest BCUT2D eigenvalue weighted by atomic mass is 10.2. The SMILES string of the molecule is CCc1ccc(CNc2cc(Br)ccc2N(C)C)o1. The molecule has 0 radical (unpaired) electrons. The van der Waals surface area contributed by atoms with Gasteiger partial charge >= 0.3 is 0 Å². The van der Waals surface area contributed by atoms with Crippen molar-refractivity contribution in [1.82, 2.24) is 0 Å². The number of furan rings is 1. The van der Waals surface area contributed by atoms with E-state index in [1.54, 1.807) is 0 Å². The van der Waals surface area contributed by atoms with E-state index in [0.717, 1.165) is 33.8 Å². The van der Waals surface area contributed by atoms with Crippen LogP contribution in [0.25, 0.3) is 0 Å². The number of hydrogen-bond donors (Lipinski definition) is 1. The molecule has 1 heterocycles. The Kier molecular flexibility index (Phi) is 4.53. The molecule has 4 heteroatoms. The maximum Gasteiger partial charge on any atom is 0.123 e. The molecule has 102 valence electrons. The van der Waals surface area contributed by atoms with Crippen LogP contribution in [0.2, 0.25) is 0 Å². The molecule has 0 spiro atoms. The molecule has 1 aromatic heterocycles. The fourth-order valence-electron chi connectivity index (χ4n) is 1.93. The summed E-state index contributed by atoms with van der Waals surface area (Å²) >= 11 is 3.51. The molecule has 0 aliphatic heterocycles. The second-order valence-electron chi connectivity index (χ2n) is 4.63. The zero-order valence-electron chi connectivity index (χ0n) is 11.5. The van der Waals surface area contributed by atoms with E-state index in [-0.39, 0.29) is 0 Å². The largest absolute Gasteiger partial charge is 0.464 e. The van der Waals surface area contributed by atoms with Crippen LogP contribution in [-0.4, -0.2) is 14.1 Å². The van der Waals surface area contributed by atoms with Crippen LogP contribution in [-0.2, 0) is 13.0 Å². The van der Waals surface area contributed by atoms with Crippen molar-refractivity contribution in [3.8, 4) is 0 Å². The third-order valence-electron chi connectivity index (χ3n) is 2.96. The summed E-state index contributed by atoms with van der Waals surface area (Å²) in [5.74, 6) is 1.99. The third-order valence-corrected chi connectivity index (χ3v) is 3.45. The molecule has 0 aliphatic rings. The Morgan fingerprint density at radius 3 is 2.53 bits per heavy atom. The second kappa shape index (κ2) is 6.15. The van der Waals surface area contributed by atoms with E-state index in [2.05, 4.69) is 45.2 Å². The molecule has 2 aromatic rings. The molecule has 0 aliphatic carbocycles. The van der Waals surface area contributed by atoms with E-state index in [1.807, 2.05) is 32.3 Å². The smallest absolute Gasteiger partial charge is 0.123 e. The van der Waals surface area contributed by atoms with E-state index in [0.29, 0.717) is 6.54 Å². The first kappa shape index (κ1) is 14.0. The molecule has 19 heavy (non-hydrogen) atoms. The van der Waals surface area contributed by atoms with Gasteiger partial charge in [0.15, 0.2) is 0 Å². The van der Waals surface area contributed by atoms with Gasteiger partial charge in [-0.1, -0.05) is 22.9 Å². The summed E-state index contributed by atoms with van der Waals surface area (Å²) in [5, 5.41) is 3.42. The van der Waals surface area contributed by atoms with Gasteiger partial charge in [-0.2, -0.15) is 0 Å². The number of aryl methyl sites for hydroxylation is 1. The fourth-order valence-corrected chi connectivity index (χ4v) is 2.29. The summed E-state index contributed by atoms with van der Waals surface area (Å²) in [6.45, 7) is 2.78. The van der Waals surface area contributed by atoms with Gasteiger partial charge in [-0.05, 0) is 30.3 Å². The molecule has 2 rings (SSSR count). The molecule has 0 bridgehead atoms. The first-order valence-electron chi connectivity index (χ1n) is 6.38. The van der Waals surface area contributed by atoms with Crippen molar-refractivity contribution >= 4 is 27.3 Å². The number of benzene rings is 1. The summed E-state index contributed by atoms with van der Waals surface area (Å²) in [6.07, 6.45) is 0.930. The first-order valence-corrected chi connectivity index (χ1v) is 7.17. The van der Waals surface area contributed by atoms with Crippen molar-refractivity contribution in [2.24, 2.45) is 0 Å². The Morgan fingerprint density at radius 2 is 1.89 bits per heavy atom. The summed E-state index contributed by atoms with van der Waals surface area (Å²) in [4.78, 5) is 2.09. The van der Waals surface area contributed by atoms with Gasteiger partial charge in [-0.25, -0.2) is 0 Å². The van der Waals surface area contributed by atoms with Gasteiger partial charge in [0, 0.05) is 25.0 Å². The Bertz CT molecular complexity index is 549. The monoisotopic (exact) mass is 322 g/mol. The highest BCUT2D eigenvalue weighted by atomic mass is 79.9. The average Bonchev–Trinajstić information content (AvgIpc) is 2.84. The summed E-state index contributed by atoms with van der Waals surface area (Å²) in [5.41, 5.74) is 2.25. The minimum Gasteiger partial charge on any atom is -0.464 e. The lowest BCUT2D eigenvalue weighted by Crippen LogP contribution is -2.12. The van der Waals surface area contributed by atoms with Crippen LogP contribution in [0.3, 0.4) is 0 Å². The number of nitrogens with zero attached hydrogens (tertiary/aromatic N) is 1. The predicted octanol–water partition coefficient (Wildman–Crippen LogP) is 4.28. The Morgan fingerprint density at radius 1 is 1.16 bits per heavy atom. The van der Waals surface area contributed by atoms with E-state index in [4.69, 9.17) is 4.42 Å². The van der Waals surface area contributed by atoms with Gasteiger partial charge in [-0.3, -0.25) is 0 Å². The molecule has 0 unspecified atom stereocenters. The van der Waals surface area contributed by atoms with Gasteiger partial charge < -0.3 is 14.6 Å². The van der Waals surface area contributed by atoms with Gasteiger partial charge in [0.2, 0.25) is 0 Å². The van der Waals surface area contributed by atoms with Crippen molar-refractivity contribution in [2.75, 3.05) is 24.3 Å². The highest BCUT2D eigenvalue weighted by Crippen LogP contribution is 2.28. The maximum absolute atomic E-state index is 5.70. The summed E-state index contributed by atoms with van der Waals surface area (Å²) in [6, 6.07) is 10.3. The lowest BCUT2D eigenvalue weighted by molar-refractivity contribution is 0.476. The molecular formula is C15H19BrN2O. The minimum absolute atomic E-state index is 0.692. The summed E-state index contributed by atoms with van der Waals surface area (Å²) < 4.78 is 6.76. The van der Waals surface area contributed by atoms with Crippen molar-refractivity contribution in [1.29, 1.82) is 0 Å². The zero-order valence-corrected chi connectivity index (χ0v) is 13.1. The minimum atomic E-state index is 0.692. The quantitative estimate of drug-likeness (QED) is 0.890. The number of halogens is 1. The topological polar surface area (TPSA) is 28.4 Å². The van der Waals surface area contributed by atoms with E-state index >= 15 is 0 Å². The van der Waals surface area contributed by atoms with Crippen molar-refractivity contribution < 1.29 is 4.42 Å². The van der Waals surface area contributed by atoms with Crippen LogP contribution in [0.5, 0.6) is 0 Å². The third kappa shape index (κ3) is 3.53. The van der Waals surface area contributed by atoms with Gasteiger partial charge in [0.1, 0.15) is 11.5 Å². The van der Waals surface area contributed by atoms with Gasteiger partial charge in [-0.15, -0.1) is 0 Å². The summed E-state index contributed by atoms with van der Waals surface area (Å²) in [7, 11) is 4.08. The van der Waals surface area contributed by atoms with Crippen LogP contribution < -0.4 is 10.2 Å². The molecule has 0 amide bonds. The van der Waals surface area contributed by atoms with Gasteiger partial charge in [0.25, 0.3) is 0 Å². The first-order chi connectivity index (χ1) is 9.10. The van der Waals surface area contributed by atoms with E-state index in [9.17, 15) is 0 Å². The zero-order chi connectivity index (χ0) is 13.8. The fraction of sp³-hybridized carbons (Fsp3) is 0.333. The van der Waals surface area contributed by atoms with Crippen LogP contribution in [0.15, 0.2) is 39.2 Å². The average molecular weight is 323 g/mol. The molecule has 0 fully saturated rings. The van der Waals surface area contributed by atoms with Crippen molar-refractivity contribution in [3.05, 3.63) is 46.3 Å². The molecule has 0 atom stereocenters. The van der Waals surface area contributed by atoms with Crippen LogP contribution >= 0.6 is 15.9 Å². The second-order valence-corrected chi connectivity index (χ2v) is 5.55. The van der Waals surface area contributed by atoms with E-state index in [1.165, 1.54) is 0 Å². The predicted molar refractivity (Wildman–Crippen MR) is 83.9 cm³/mol.